The predicted molar refractivity (Wildman–Crippen MR) is 70.3 cm³/mol. The highest BCUT2D eigenvalue weighted by Crippen LogP contribution is 2.26. The van der Waals surface area contributed by atoms with Gasteiger partial charge in [0.15, 0.2) is 6.10 Å². The quantitative estimate of drug-likeness (QED) is 0.806. The van der Waals surface area contributed by atoms with Crippen molar-refractivity contribution in [1.82, 2.24) is 0 Å². The van der Waals surface area contributed by atoms with Crippen LogP contribution in [0.5, 0.6) is 5.75 Å². The Labute approximate surface area is 112 Å². The summed E-state index contributed by atoms with van der Waals surface area (Å²) >= 11 is 0. The molecule has 106 valence electrons. The van der Waals surface area contributed by atoms with Gasteiger partial charge in [-0.15, -0.1) is 0 Å². The maximum absolute atomic E-state index is 13.2. The van der Waals surface area contributed by atoms with Crippen molar-refractivity contribution in [3.63, 3.8) is 0 Å². The van der Waals surface area contributed by atoms with Crippen LogP contribution in [0.1, 0.15) is 38.8 Å². The standard InChI is InChI=1S/C14H20FNO3/c1-4-12(14(17)18-5-2)19-13-7-6-10(15)8-11(13)9(3)16/h6-9,12H,4-5,16H2,1-3H3. The minimum absolute atomic E-state index is 0.294. The van der Waals surface area contributed by atoms with Gasteiger partial charge in [-0.05, 0) is 38.5 Å². The number of hydrogen-bond donors (Lipinski definition) is 1. The topological polar surface area (TPSA) is 61.5 Å². The second-order valence-corrected chi connectivity index (χ2v) is 4.24. The molecule has 0 fully saturated rings. The fraction of sp³-hybridized carbons (Fsp3) is 0.500. The Hall–Kier alpha value is -1.62. The molecule has 0 spiro atoms. The fourth-order valence-corrected chi connectivity index (χ4v) is 1.67. The van der Waals surface area contributed by atoms with Crippen LogP contribution >= 0.6 is 0 Å². The highest BCUT2D eigenvalue weighted by Gasteiger charge is 2.21. The summed E-state index contributed by atoms with van der Waals surface area (Å²) in [5.41, 5.74) is 6.30. The van der Waals surface area contributed by atoms with E-state index in [-0.39, 0.29) is 11.9 Å². The first-order valence-corrected chi connectivity index (χ1v) is 6.37. The molecule has 2 unspecified atom stereocenters. The lowest BCUT2D eigenvalue weighted by molar-refractivity contribution is -0.151. The van der Waals surface area contributed by atoms with Crippen molar-refractivity contribution in [2.75, 3.05) is 6.61 Å². The van der Waals surface area contributed by atoms with Crippen molar-refractivity contribution in [1.29, 1.82) is 0 Å². The summed E-state index contributed by atoms with van der Waals surface area (Å²) in [6.07, 6.45) is -0.239. The van der Waals surface area contributed by atoms with Crippen LogP contribution in [0.25, 0.3) is 0 Å². The molecule has 5 heteroatoms. The third-order valence-electron chi connectivity index (χ3n) is 2.65. The summed E-state index contributed by atoms with van der Waals surface area (Å²) in [6.45, 7) is 5.57. The molecular formula is C14H20FNO3. The number of carbonyl (C=O) groups is 1. The Kier molecular flexibility index (Phi) is 5.76. The molecule has 0 aromatic heterocycles. The Morgan fingerprint density at radius 1 is 1.42 bits per heavy atom. The van der Waals surface area contributed by atoms with E-state index < -0.39 is 12.1 Å². The van der Waals surface area contributed by atoms with E-state index in [1.807, 2.05) is 6.92 Å². The zero-order valence-electron chi connectivity index (χ0n) is 11.5. The lowest BCUT2D eigenvalue weighted by Crippen LogP contribution is -2.29. The molecule has 0 amide bonds. The molecule has 1 rings (SSSR count). The Bertz CT molecular complexity index is 435. The van der Waals surface area contributed by atoms with E-state index in [4.69, 9.17) is 15.2 Å². The van der Waals surface area contributed by atoms with Crippen molar-refractivity contribution in [3.8, 4) is 5.75 Å². The van der Waals surface area contributed by atoms with Crippen molar-refractivity contribution < 1.29 is 18.7 Å². The van der Waals surface area contributed by atoms with Crippen LogP contribution in [0.4, 0.5) is 4.39 Å². The lowest BCUT2D eigenvalue weighted by Gasteiger charge is -2.19. The number of halogens is 1. The summed E-state index contributed by atoms with van der Waals surface area (Å²) in [5, 5.41) is 0. The fourth-order valence-electron chi connectivity index (χ4n) is 1.67. The molecule has 0 aliphatic carbocycles. The van der Waals surface area contributed by atoms with Gasteiger partial charge >= 0.3 is 5.97 Å². The minimum Gasteiger partial charge on any atom is -0.478 e. The molecule has 0 saturated heterocycles. The van der Waals surface area contributed by atoms with Gasteiger partial charge in [0, 0.05) is 11.6 Å². The molecule has 0 heterocycles. The van der Waals surface area contributed by atoms with Crippen molar-refractivity contribution >= 4 is 5.97 Å². The van der Waals surface area contributed by atoms with E-state index >= 15 is 0 Å². The van der Waals surface area contributed by atoms with Crippen LogP contribution in [0, 0.1) is 5.82 Å². The highest BCUT2D eigenvalue weighted by molar-refractivity contribution is 5.75. The predicted octanol–water partition coefficient (Wildman–Crippen LogP) is 2.57. The number of esters is 1. The third-order valence-corrected chi connectivity index (χ3v) is 2.65. The van der Waals surface area contributed by atoms with E-state index in [1.54, 1.807) is 13.8 Å². The molecule has 1 aromatic carbocycles. The molecule has 0 saturated carbocycles. The van der Waals surface area contributed by atoms with E-state index in [1.165, 1.54) is 18.2 Å². The number of hydrogen-bond acceptors (Lipinski definition) is 4. The Balaban J connectivity index is 2.93. The van der Waals surface area contributed by atoms with Gasteiger partial charge in [-0.2, -0.15) is 0 Å². The minimum atomic E-state index is -0.706. The van der Waals surface area contributed by atoms with Crippen LogP contribution in [0.2, 0.25) is 0 Å². The summed E-state index contributed by atoms with van der Waals surface area (Å²) in [6, 6.07) is 3.69. The molecule has 19 heavy (non-hydrogen) atoms. The van der Waals surface area contributed by atoms with Crippen LogP contribution in [0.15, 0.2) is 18.2 Å². The van der Waals surface area contributed by atoms with Crippen LogP contribution in [-0.4, -0.2) is 18.7 Å². The van der Waals surface area contributed by atoms with E-state index in [9.17, 15) is 9.18 Å². The molecule has 0 aliphatic rings. The van der Waals surface area contributed by atoms with Gasteiger partial charge in [0.25, 0.3) is 0 Å². The van der Waals surface area contributed by atoms with Crippen LogP contribution in [-0.2, 0) is 9.53 Å². The number of carbonyl (C=O) groups excluding carboxylic acids is 1. The van der Waals surface area contributed by atoms with E-state index in [2.05, 4.69) is 0 Å². The first-order chi connectivity index (χ1) is 8.99. The maximum atomic E-state index is 13.2. The number of ether oxygens (including phenoxy) is 2. The van der Waals surface area contributed by atoms with Gasteiger partial charge in [0.1, 0.15) is 11.6 Å². The summed E-state index contributed by atoms with van der Waals surface area (Å²) < 4.78 is 23.7. The van der Waals surface area contributed by atoms with Gasteiger partial charge in [-0.1, -0.05) is 6.92 Å². The van der Waals surface area contributed by atoms with Gasteiger partial charge in [0.2, 0.25) is 0 Å². The maximum Gasteiger partial charge on any atom is 0.347 e. The Morgan fingerprint density at radius 2 is 2.11 bits per heavy atom. The zero-order chi connectivity index (χ0) is 14.4. The normalized spacial score (nSPS) is 13.7. The number of benzene rings is 1. The second-order valence-electron chi connectivity index (χ2n) is 4.24. The molecule has 2 N–H and O–H groups in total. The molecule has 0 radical (unpaired) electrons. The van der Waals surface area contributed by atoms with Crippen LogP contribution < -0.4 is 10.5 Å². The average Bonchev–Trinajstić information content (AvgIpc) is 2.37. The SMILES string of the molecule is CCOC(=O)C(CC)Oc1ccc(F)cc1C(C)N. The highest BCUT2D eigenvalue weighted by atomic mass is 19.1. The third kappa shape index (κ3) is 4.21. The van der Waals surface area contributed by atoms with Crippen molar-refractivity contribution in [3.05, 3.63) is 29.6 Å². The van der Waals surface area contributed by atoms with Gasteiger partial charge < -0.3 is 15.2 Å². The van der Waals surface area contributed by atoms with Gasteiger partial charge in [-0.25, -0.2) is 9.18 Å². The number of nitrogens with two attached hydrogens (primary N) is 1. The summed E-state index contributed by atoms with van der Waals surface area (Å²) in [5.74, 6) is -0.398. The van der Waals surface area contributed by atoms with E-state index in [0.29, 0.717) is 24.3 Å². The van der Waals surface area contributed by atoms with Crippen LogP contribution in [0.3, 0.4) is 0 Å². The molecule has 0 aliphatic heterocycles. The monoisotopic (exact) mass is 269 g/mol. The van der Waals surface area contributed by atoms with Gasteiger partial charge in [0.05, 0.1) is 6.61 Å². The smallest absolute Gasteiger partial charge is 0.347 e. The molecular weight excluding hydrogens is 249 g/mol. The van der Waals surface area contributed by atoms with Gasteiger partial charge in [-0.3, -0.25) is 0 Å². The number of rotatable bonds is 6. The first-order valence-electron chi connectivity index (χ1n) is 6.37. The lowest BCUT2D eigenvalue weighted by atomic mass is 10.1. The largest absolute Gasteiger partial charge is 0.478 e. The van der Waals surface area contributed by atoms with Crippen molar-refractivity contribution in [2.45, 2.75) is 39.3 Å². The average molecular weight is 269 g/mol. The summed E-state index contributed by atoms with van der Waals surface area (Å²) in [7, 11) is 0. The van der Waals surface area contributed by atoms with Crippen molar-refractivity contribution in [2.24, 2.45) is 5.73 Å². The molecule has 1 aromatic rings. The summed E-state index contributed by atoms with van der Waals surface area (Å²) in [4.78, 5) is 11.7. The Morgan fingerprint density at radius 3 is 2.63 bits per heavy atom. The molecule has 2 atom stereocenters. The molecule has 4 nitrogen and oxygen atoms in total. The second kappa shape index (κ2) is 7.09. The zero-order valence-corrected chi connectivity index (χ0v) is 11.5. The molecule has 0 bridgehead atoms. The van der Waals surface area contributed by atoms with E-state index in [0.717, 1.165) is 0 Å². The first kappa shape index (κ1) is 15.4.